The van der Waals surface area contributed by atoms with E-state index in [1.165, 1.54) is 19.2 Å². The Kier molecular flexibility index (Phi) is 2.18. The van der Waals surface area contributed by atoms with E-state index in [-0.39, 0.29) is 17.5 Å². The van der Waals surface area contributed by atoms with E-state index in [0.717, 1.165) is 5.56 Å². The molecule has 0 spiro atoms. The number of methoxy groups -OCH3 is 1. The van der Waals surface area contributed by atoms with Crippen LogP contribution in [0, 0.1) is 0 Å². The van der Waals surface area contributed by atoms with E-state index < -0.39 is 5.54 Å². The van der Waals surface area contributed by atoms with Crippen LogP contribution in [0.3, 0.4) is 0 Å². The smallest absolute Gasteiger partial charge is 0.331 e. The fourth-order valence-corrected chi connectivity index (χ4v) is 1.95. The highest BCUT2D eigenvalue weighted by molar-refractivity contribution is 5.88. The quantitative estimate of drug-likeness (QED) is 0.376. The van der Waals surface area contributed by atoms with Gasteiger partial charge >= 0.3 is 5.97 Å². The van der Waals surface area contributed by atoms with Gasteiger partial charge in [0.1, 0.15) is 5.54 Å². The summed E-state index contributed by atoms with van der Waals surface area (Å²) in [6.07, 6.45) is 0.419. The predicted molar refractivity (Wildman–Crippen MR) is 57.5 cm³/mol. The lowest BCUT2D eigenvalue weighted by Gasteiger charge is -2.21. The first-order valence-electron chi connectivity index (χ1n) is 4.88. The number of nitrogens with one attached hydrogen (secondary N) is 1. The first kappa shape index (κ1) is 10.6. The van der Waals surface area contributed by atoms with Crippen LogP contribution in [0.4, 0.5) is 5.69 Å². The Bertz CT molecular complexity index is 425. The van der Waals surface area contributed by atoms with Crippen LogP contribution in [0.25, 0.3) is 0 Å². The van der Waals surface area contributed by atoms with E-state index in [4.69, 9.17) is 4.74 Å². The summed E-state index contributed by atoms with van der Waals surface area (Å²) in [4.78, 5) is 11.6. The number of esters is 1. The lowest BCUT2D eigenvalue weighted by atomic mass is 9.98. The van der Waals surface area contributed by atoms with E-state index >= 15 is 0 Å². The molecule has 0 aromatic heterocycles. The molecule has 2 rings (SSSR count). The molecule has 0 aliphatic carbocycles. The van der Waals surface area contributed by atoms with Gasteiger partial charge in [0.15, 0.2) is 11.5 Å². The van der Waals surface area contributed by atoms with E-state index in [0.29, 0.717) is 12.1 Å². The minimum atomic E-state index is -0.836. The fourth-order valence-electron chi connectivity index (χ4n) is 1.95. The molecule has 0 fully saturated rings. The molecule has 0 bridgehead atoms. The molecule has 86 valence electrons. The normalized spacial score (nSPS) is 22.4. The molecule has 1 aromatic carbocycles. The third-order valence-corrected chi connectivity index (χ3v) is 2.79. The molecule has 0 unspecified atom stereocenters. The van der Waals surface area contributed by atoms with Gasteiger partial charge in [-0.1, -0.05) is 0 Å². The number of phenolic OH excluding ortho intramolecular Hbond substituents is 2. The Morgan fingerprint density at radius 2 is 2.06 bits per heavy atom. The largest absolute Gasteiger partial charge is 0.504 e. The van der Waals surface area contributed by atoms with Crippen molar-refractivity contribution < 1.29 is 19.7 Å². The third-order valence-electron chi connectivity index (χ3n) is 2.79. The van der Waals surface area contributed by atoms with Gasteiger partial charge in [0.05, 0.1) is 7.11 Å². The van der Waals surface area contributed by atoms with Crippen LogP contribution in [-0.2, 0) is 16.0 Å². The Morgan fingerprint density at radius 1 is 1.44 bits per heavy atom. The third kappa shape index (κ3) is 1.44. The number of ether oxygens (including phenoxy) is 1. The van der Waals surface area contributed by atoms with Gasteiger partial charge in [-0.25, -0.2) is 4.79 Å². The molecule has 16 heavy (non-hydrogen) atoms. The maximum Gasteiger partial charge on any atom is 0.331 e. The first-order chi connectivity index (χ1) is 7.46. The van der Waals surface area contributed by atoms with Crippen LogP contribution < -0.4 is 5.32 Å². The molecule has 3 N–H and O–H groups in total. The van der Waals surface area contributed by atoms with Gasteiger partial charge < -0.3 is 20.3 Å². The summed E-state index contributed by atoms with van der Waals surface area (Å²) in [5, 5.41) is 21.7. The second-order valence-corrected chi connectivity index (χ2v) is 4.12. The van der Waals surface area contributed by atoms with Crippen LogP contribution in [-0.4, -0.2) is 28.8 Å². The Hall–Kier alpha value is -1.91. The van der Waals surface area contributed by atoms with E-state index in [1.54, 1.807) is 6.92 Å². The summed E-state index contributed by atoms with van der Waals surface area (Å²) in [5.74, 6) is -0.766. The van der Waals surface area contributed by atoms with Crippen molar-refractivity contribution in [3.8, 4) is 11.5 Å². The van der Waals surface area contributed by atoms with Crippen molar-refractivity contribution >= 4 is 11.7 Å². The fraction of sp³-hybridized carbons (Fsp3) is 0.364. The molecule has 1 aliphatic heterocycles. The molecule has 1 heterocycles. The lowest BCUT2D eigenvalue weighted by molar-refractivity contribution is -0.145. The summed E-state index contributed by atoms with van der Waals surface area (Å²) >= 11 is 0. The van der Waals surface area contributed by atoms with Crippen LogP contribution in [0.1, 0.15) is 12.5 Å². The van der Waals surface area contributed by atoms with Crippen molar-refractivity contribution in [3.05, 3.63) is 17.7 Å². The van der Waals surface area contributed by atoms with Crippen molar-refractivity contribution in [1.82, 2.24) is 0 Å². The zero-order chi connectivity index (χ0) is 11.9. The molecule has 1 atom stereocenters. The minimum Gasteiger partial charge on any atom is -0.504 e. The SMILES string of the molecule is COC(=O)[C@]1(C)Cc2cc(O)c(O)cc2N1. The van der Waals surface area contributed by atoms with Crippen LogP contribution in [0.15, 0.2) is 12.1 Å². The van der Waals surface area contributed by atoms with Gasteiger partial charge in [-0.3, -0.25) is 0 Å². The van der Waals surface area contributed by atoms with Gasteiger partial charge in [0, 0.05) is 18.2 Å². The van der Waals surface area contributed by atoms with Gasteiger partial charge in [-0.05, 0) is 18.6 Å². The number of carbonyl (C=O) groups is 1. The van der Waals surface area contributed by atoms with E-state index in [9.17, 15) is 15.0 Å². The Morgan fingerprint density at radius 3 is 2.69 bits per heavy atom. The first-order valence-corrected chi connectivity index (χ1v) is 4.88. The number of benzene rings is 1. The standard InChI is InChI=1S/C11H13NO4/c1-11(10(15)16-2)5-6-3-8(13)9(14)4-7(6)12-11/h3-4,12-14H,5H2,1-2H3/t11-/m0/s1. The topological polar surface area (TPSA) is 78.8 Å². The molecule has 5 heteroatoms. The molecular formula is C11H13NO4. The van der Waals surface area contributed by atoms with Crippen LogP contribution in [0.5, 0.6) is 11.5 Å². The van der Waals surface area contributed by atoms with E-state index in [1.807, 2.05) is 0 Å². The Balaban J connectivity index is 2.37. The van der Waals surface area contributed by atoms with Gasteiger partial charge in [-0.15, -0.1) is 0 Å². The summed E-state index contributed by atoms with van der Waals surface area (Å²) in [5.41, 5.74) is 0.587. The number of hydrogen-bond acceptors (Lipinski definition) is 5. The summed E-state index contributed by atoms with van der Waals surface area (Å²) < 4.78 is 4.70. The van der Waals surface area contributed by atoms with Crippen molar-refractivity contribution in [2.45, 2.75) is 18.9 Å². The second-order valence-electron chi connectivity index (χ2n) is 4.12. The minimum absolute atomic E-state index is 0.185. The highest BCUT2D eigenvalue weighted by Gasteiger charge is 2.40. The van der Waals surface area contributed by atoms with Crippen molar-refractivity contribution in [2.24, 2.45) is 0 Å². The highest BCUT2D eigenvalue weighted by Crippen LogP contribution is 2.39. The van der Waals surface area contributed by atoms with Crippen molar-refractivity contribution in [3.63, 3.8) is 0 Å². The van der Waals surface area contributed by atoms with Crippen molar-refractivity contribution in [2.75, 3.05) is 12.4 Å². The molecule has 0 saturated heterocycles. The predicted octanol–water partition coefficient (Wildman–Crippen LogP) is 0.997. The zero-order valence-electron chi connectivity index (χ0n) is 9.07. The van der Waals surface area contributed by atoms with Gasteiger partial charge in [-0.2, -0.15) is 0 Å². The van der Waals surface area contributed by atoms with Gasteiger partial charge in [0.2, 0.25) is 0 Å². The van der Waals surface area contributed by atoms with Crippen molar-refractivity contribution in [1.29, 1.82) is 0 Å². The summed E-state index contributed by atoms with van der Waals surface area (Å²) in [6.45, 7) is 1.72. The van der Waals surface area contributed by atoms with Crippen LogP contribution >= 0.6 is 0 Å². The van der Waals surface area contributed by atoms with Gasteiger partial charge in [0.25, 0.3) is 0 Å². The molecule has 0 radical (unpaired) electrons. The molecule has 5 nitrogen and oxygen atoms in total. The molecule has 1 aliphatic rings. The molecule has 1 aromatic rings. The van der Waals surface area contributed by atoms with Crippen LogP contribution in [0.2, 0.25) is 0 Å². The zero-order valence-corrected chi connectivity index (χ0v) is 9.07. The lowest BCUT2D eigenvalue weighted by Crippen LogP contribution is -2.42. The number of aromatic hydroxyl groups is 2. The maximum atomic E-state index is 11.6. The monoisotopic (exact) mass is 223 g/mol. The maximum absolute atomic E-state index is 11.6. The number of fused-ring (bicyclic) bond motifs is 1. The average molecular weight is 223 g/mol. The average Bonchev–Trinajstić information content (AvgIpc) is 2.55. The molecule has 0 amide bonds. The molecule has 0 saturated carbocycles. The number of hydrogen-bond donors (Lipinski definition) is 3. The summed E-state index contributed by atoms with van der Waals surface area (Å²) in [7, 11) is 1.33. The number of rotatable bonds is 1. The number of carbonyl (C=O) groups excluding carboxylic acids is 1. The number of anilines is 1. The Labute approximate surface area is 92.7 Å². The highest BCUT2D eigenvalue weighted by atomic mass is 16.5. The molecular weight excluding hydrogens is 210 g/mol. The number of phenols is 2. The second kappa shape index (κ2) is 3.30. The van der Waals surface area contributed by atoms with E-state index in [2.05, 4.69) is 5.32 Å². The summed E-state index contributed by atoms with van der Waals surface area (Å²) in [6, 6.07) is 2.85.